The Balaban J connectivity index is -0.00000000848. The molecule has 42 valence electrons. The van der Waals surface area contributed by atoms with Crippen LogP contribution in [0.1, 0.15) is 6.92 Å². The Bertz CT molecular complexity index is 67.1. The molecule has 7 heteroatoms. The molecule has 0 spiro atoms. The summed E-state index contributed by atoms with van der Waals surface area (Å²) in [6.07, 6.45) is 1.25. The molecule has 0 aliphatic carbocycles. The first-order valence-corrected chi connectivity index (χ1v) is 1.65. The largest absolute Gasteiger partial charge is 1.00 e. The third-order valence-corrected chi connectivity index (χ3v) is 0. The smallest absolute Gasteiger partial charge is 0.550 e. The molecule has 0 amide bonds. The van der Waals surface area contributed by atoms with Gasteiger partial charge < -0.3 is 15.6 Å². The van der Waals surface area contributed by atoms with E-state index in [1.165, 1.54) is 6.20 Å². The van der Waals surface area contributed by atoms with Gasteiger partial charge in [-0.15, -0.1) is 0 Å². The normalized spacial score (nSPS) is 3.36. The molecule has 0 bridgehead atoms. The second-order valence-corrected chi connectivity index (χ2v) is 0.727. The third-order valence-electron chi connectivity index (χ3n) is 0. The molecular weight excluding hydrogens is 186 g/mol. The molecular formula is C4H8NNa4O2+3. The standard InChI is InChI=1S/C2H5N.C2H4O2.4Na/c1-2-3;1-2(3)4;;;;/h2H,1,3H2;1H3,(H,3,4);;;;/q;;4*+1/p-1. The van der Waals surface area contributed by atoms with E-state index in [-0.39, 0.29) is 118 Å². The average Bonchev–Trinajstić information content (AvgIpc) is 1.33. The maximum absolute atomic E-state index is 8.89. The van der Waals surface area contributed by atoms with E-state index in [2.05, 4.69) is 12.3 Å². The summed E-state index contributed by atoms with van der Waals surface area (Å²) in [5.41, 5.74) is 4.61. The van der Waals surface area contributed by atoms with Crippen LogP contribution < -0.4 is 129 Å². The zero-order valence-corrected chi connectivity index (χ0v) is 16.2. The molecule has 0 rings (SSSR count). The summed E-state index contributed by atoms with van der Waals surface area (Å²) in [5, 5.41) is 8.89. The number of carbonyl (C=O) groups is 1. The van der Waals surface area contributed by atoms with Gasteiger partial charge in [-0.3, -0.25) is 0 Å². The first kappa shape index (κ1) is 37.0. The molecule has 0 aliphatic heterocycles. The van der Waals surface area contributed by atoms with Gasteiger partial charge in [0.2, 0.25) is 0 Å². The maximum atomic E-state index is 8.89. The van der Waals surface area contributed by atoms with Crippen molar-refractivity contribution in [3.63, 3.8) is 0 Å². The van der Waals surface area contributed by atoms with E-state index in [4.69, 9.17) is 9.90 Å². The van der Waals surface area contributed by atoms with Crippen molar-refractivity contribution in [3.05, 3.63) is 12.8 Å². The predicted molar refractivity (Wildman–Crippen MR) is 25.1 cm³/mol. The minimum Gasteiger partial charge on any atom is -0.550 e. The summed E-state index contributed by atoms with van der Waals surface area (Å²) >= 11 is 0. The van der Waals surface area contributed by atoms with Gasteiger partial charge in [-0.2, -0.15) is 0 Å². The summed E-state index contributed by atoms with van der Waals surface area (Å²) < 4.78 is 0. The maximum Gasteiger partial charge on any atom is 1.00 e. The van der Waals surface area contributed by atoms with Gasteiger partial charge in [-0.25, -0.2) is 0 Å². The van der Waals surface area contributed by atoms with Crippen LogP contribution in [0, 0.1) is 0 Å². The van der Waals surface area contributed by atoms with Gasteiger partial charge >= 0.3 is 118 Å². The van der Waals surface area contributed by atoms with E-state index in [0.717, 1.165) is 6.92 Å². The number of aliphatic carboxylic acids is 1. The van der Waals surface area contributed by atoms with Crippen molar-refractivity contribution in [2.75, 3.05) is 0 Å². The van der Waals surface area contributed by atoms with Gasteiger partial charge in [0, 0.05) is 5.97 Å². The molecule has 3 nitrogen and oxygen atoms in total. The van der Waals surface area contributed by atoms with Crippen LogP contribution >= 0.6 is 0 Å². The van der Waals surface area contributed by atoms with Crippen molar-refractivity contribution in [3.8, 4) is 0 Å². The Labute approximate surface area is 156 Å². The van der Waals surface area contributed by atoms with E-state index in [1.807, 2.05) is 0 Å². The van der Waals surface area contributed by atoms with Crippen molar-refractivity contribution in [2.24, 2.45) is 5.73 Å². The minimum atomic E-state index is -1.08. The first-order valence-electron chi connectivity index (χ1n) is 1.65. The molecule has 0 unspecified atom stereocenters. The van der Waals surface area contributed by atoms with Crippen LogP contribution in [0.15, 0.2) is 12.8 Å². The number of hydrogen-bond donors (Lipinski definition) is 1. The van der Waals surface area contributed by atoms with E-state index >= 15 is 0 Å². The second-order valence-electron chi connectivity index (χ2n) is 0.727. The number of rotatable bonds is 0. The number of carbonyl (C=O) groups excluding carboxylic acids is 1. The fourth-order valence-corrected chi connectivity index (χ4v) is 0. The van der Waals surface area contributed by atoms with Gasteiger partial charge in [0.15, 0.2) is 0 Å². The Morgan fingerprint density at radius 2 is 1.36 bits per heavy atom. The molecule has 0 fully saturated rings. The summed E-state index contributed by atoms with van der Waals surface area (Å²) in [5.74, 6) is -1.08. The molecule has 0 saturated carbocycles. The fourth-order valence-electron chi connectivity index (χ4n) is 0. The predicted octanol–water partition coefficient (Wildman–Crippen LogP) is -13.1. The Morgan fingerprint density at radius 3 is 1.36 bits per heavy atom. The van der Waals surface area contributed by atoms with Crippen LogP contribution in [0.5, 0.6) is 0 Å². The Hall–Kier alpha value is 3.01. The number of carboxylic acid groups (broad SMARTS) is 1. The van der Waals surface area contributed by atoms with Crippen molar-refractivity contribution in [1.29, 1.82) is 0 Å². The Morgan fingerprint density at radius 1 is 1.36 bits per heavy atom. The van der Waals surface area contributed by atoms with E-state index in [9.17, 15) is 0 Å². The van der Waals surface area contributed by atoms with E-state index < -0.39 is 5.97 Å². The van der Waals surface area contributed by atoms with Crippen molar-refractivity contribution >= 4 is 5.97 Å². The van der Waals surface area contributed by atoms with Crippen LogP contribution in [-0.2, 0) is 4.79 Å². The van der Waals surface area contributed by atoms with Gasteiger partial charge in [0.1, 0.15) is 0 Å². The summed E-state index contributed by atoms with van der Waals surface area (Å²) in [7, 11) is 0. The quantitative estimate of drug-likeness (QED) is 0.389. The summed E-state index contributed by atoms with van der Waals surface area (Å²) in [6, 6.07) is 0. The molecule has 0 aliphatic rings. The molecule has 0 atom stereocenters. The monoisotopic (exact) mass is 194 g/mol. The van der Waals surface area contributed by atoms with Crippen LogP contribution in [0.3, 0.4) is 0 Å². The molecule has 0 heterocycles. The second kappa shape index (κ2) is 38.2. The van der Waals surface area contributed by atoms with E-state index in [0.29, 0.717) is 0 Å². The molecule has 0 aromatic rings. The average molecular weight is 194 g/mol. The molecule has 2 N–H and O–H groups in total. The van der Waals surface area contributed by atoms with Crippen molar-refractivity contribution < 1.29 is 128 Å². The molecule has 0 radical (unpaired) electrons. The number of carboxylic acids is 1. The SMILES string of the molecule is C=CN.CC(=O)[O-].[Na+].[Na+].[Na+].[Na+]. The van der Waals surface area contributed by atoms with Crippen molar-refractivity contribution in [2.45, 2.75) is 6.92 Å². The first-order chi connectivity index (χ1) is 3.15. The van der Waals surface area contributed by atoms with Crippen LogP contribution in [0.2, 0.25) is 0 Å². The van der Waals surface area contributed by atoms with E-state index in [1.54, 1.807) is 0 Å². The van der Waals surface area contributed by atoms with Gasteiger partial charge in [-0.1, -0.05) is 6.58 Å². The zero-order valence-electron chi connectivity index (χ0n) is 8.18. The minimum absolute atomic E-state index is 0. The fraction of sp³-hybridized carbons (Fsp3) is 0.250. The molecule has 0 aromatic heterocycles. The Kier molecular flexibility index (Phi) is 128. The van der Waals surface area contributed by atoms with Gasteiger partial charge in [0.05, 0.1) is 0 Å². The van der Waals surface area contributed by atoms with Crippen LogP contribution in [-0.4, -0.2) is 5.97 Å². The third kappa shape index (κ3) is 174. The number of nitrogens with two attached hydrogens (primary N) is 1. The number of hydrogen-bond acceptors (Lipinski definition) is 3. The van der Waals surface area contributed by atoms with Crippen molar-refractivity contribution in [1.82, 2.24) is 0 Å². The summed E-state index contributed by atoms with van der Waals surface area (Å²) in [6.45, 7) is 4.11. The molecule has 0 aromatic carbocycles. The summed E-state index contributed by atoms with van der Waals surface area (Å²) in [4.78, 5) is 8.89. The topological polar surface area (TPSA) is 66.2 Å². The van der Waals surface area contributed by atoms with Gasteiger partial charge in [-0.05, 0) is 13.1 Å². The van der Waals surface area contributed by atoms with Crippen LogP contribution in [0.4, 0.5) is 0 Å². The van der Waals surface area contributed by atoms with Gasteiger partial charge in [0.25, 0.3) is 0 Å². The molecule has 11 heavy (non-hydrogen) atoms. The molecule has 0 saturated heterocycles. The van der Waals surface area contributed by atoms with Crippen LogP contribution in [0.25, 0.3) is 0 Å². The zero-order chi connectivity index (χ0) is 6.28.